The predicted molar refractivity (Wildman–Crippen MR) is 84.4 cm³/mol. The SMILES string of the molecule is CC1CN(c2c(F)ccc3c2C(=O)N(C2CCC(=O)NC2=O)C3=O)C1. The smallest absolute Gasteiger partial charge is 0.264 e. The van der Waals surface area contributed by atoms with Gasteiger partial charge in [0.15, 0.2) is 0 Å². The van der Waals surface area contributed by atoms with Crippen LogP contribution in [0.5, 0.6) is 0 Å². The first-order valence-corrected chi connectivity index (χ1v) is 8.17. The summed E-state index contributed by atoms with van der Waals surface area (Å²) in [5.41, 5.74) is 0.246. The van der Waals surface area contributed by atoms with Crippen LogP contribution in [0.2, 0.25) is 0 Å². The van der Waals surface area contributed by atoms with Gasteiger partial charge in [-0.05, 0) is 24.5 Å². The van der Waals surface area contributed by atoms with Crippen LogP contribution in [0.15, 0.2) is 12.1 Å². The highest BCUT2D eigenvalue weighted by Crippen LogP contribution is 2.38. The number of anilines is 1. The molecule has 0 bridgehead atoms. The summed E-state index contributed by atoms with van der Waals surface area (Å²) in [5, 5.41) is 2.14. The number of benzene rings is 1. The quantitative estimate of drug-likeness (QED) is 0.797. The first kappa shape index (κ1) is 15.7. The van der Waals surface area contributed by atoms with E-state index >= 15 is 0 Å². The normalized spacial score (nSPS) is 23.7. The maximum absolute atomic E-state index is 14.4. The first-order chi connectivity index (χ1) is 11.9. The van der Waals surface area contributed by atoms with Gasteiger partial charge in [-0.1, -0.05) is 6.92 Å². The van der Waals surface area contributed by atoms with E-state index in [0.29, 0.717) is 19.0 Å². The Bertz CT molecular complexity index is 831. The Balaban J connectivity index is 1.74. The summed E-state index contributed by atoms with van der Waals surface area (Å²) in [6.45, 7) is 3.22. The molecule has 4 rings (SSSR count). The highest BCUT2D eigenvalue weighted by atomic mass is 19.1. The number of carbonyl (C=O) groups excluding carboxylic acids is 4. The summed E-state index contributed by atoms with van der Waals surface area (Å²) in [4.78, 5) is 51.5. The fourth-order valence-corrected chi connectivity index (χ4v) is 3.71. The van der Waals surface area contributed by atoms with Gasteiger partial charge in [0, 0.05) is 19.5 Å². The van der Waals surface area contributed by atoms with Crippen LogP contribution in [-0.4, -0.2) is 47.7 Å². The van der Waals surface area contributed by atoms with Gasteiger partial charge >= 0.3 is 0 Å². The van der Waals surface area contributed by atoms with Gasteiger partial charge in [0.2, 0.25) is 11.8 Å². The van der Waals surface area contributed by atoms with Crippen LogP contribution in [0.3, 0.4) is 0 Å². The molecule has 1 aromatic carbocycles. The molecule has 25 heavy (non-hydrogen) atoms. The molecule has 0 aromatic heterocycles. The third kappa shape index (κ3) is 2.24. The van der Waals surface area contributed by atoms with Gasteiger partial charge in [-0.3, -0.25) is 29.4 Å². The fraction of sp³-hybridized carbons (Fsp3) is 0.412. The number of imide groups is 2. The largest absolute Gasteiger partial charge is 0.368 e. The molecule has 1 N–H and O–H groups in total. The zero-order valence-electron chi connectivity index (χ0n) is 13.5. The zero-order chi connectivity index (χ0) is 17.9. The van der Waals surface area contributed by atoms with Gasteiger partial charge in [0.25, 0.3) is 11.8 Å². The minimum Gasteiger partial charge on any atom is -0.368 e. The number of nitrogens with one attached hydrogen (secondary N) is 1. The van der Waals surface area contributed by atoms with E-state index in [1.165, 1.54) is 12.1 Å². The Labute approximate surface area is 142 Å². The van der Waals surface area contributed by atoms with E-state index in [1.54, 1.807) is 4.90 Å². The molecule has 0 radical (unpaired) electrons. The van der Waals surface area contributed by atoms with Crippen LogP contribution < -0.4 is 10.2 Å². The lowest BCUT2D eigenvalue weighted by atomic mass is 9.98. The maximum Gasteiger partial charge on any atom is 0.264 e. The van der Waals surface area contributed by atoms with Crippen LogP contribution in [0.1, 0.15) is 40.5 Å². The van der Waals surface area contributed by atoms with E-state index in [2.05, 4.69) is 5.32 Å². The second-order valence-corrected chi connectivity index (χ2v) is 6.78. The lowest BCUT2D eigenvalue weighted by Crippen LogP contribution is -2.54. The van der Waals surface area contributed by atoms with Crippen LogP contribution in [0, 0.1) is 11.7 Å². The van der Waals surface area contributed by atoms with E-state index in [1.807, 2.05) is 6.92 Å². The van der Waals surface area contributed by atoms with Crippen LogP contribution in [0.4, 0.5) is 10.1 Å². The van der Waals surface area contributed by atoms with Crippen molar-refractivity contribution in [2.45, 2.75) is 25.8 Å². The molecule has 3 aliphatic heterocycles. The molecule has 0 aliphatic carbocycles. The molecule has 3 aliphatic rings. The average molecular weight is 345 g/mol. The van der Waals surface area contributed by atoms with Crippen molar-refractivity contribution < 1.29 is 23.6 Å². The van der Waals surface area contributed by atoms with Crippen LogP contribution in [-0.2, 0) is 9.59 Å². The van der Waals surface area contributed by atoms with Crippen molar-refractivity contribution in [2.24, 2.45) is 5.92 Å². The molecule has 1 aromatic rings. The second kappa shape index (κ2) is 5.37. The number of halogens is 1. The van der Waals surface area contributed by atoms with E-state index in [0.717, 1.165) is 4.90 Å². The van der Waals surface area contributed by atoms with Gasteiger partial charge in [-0.2, -0.15) is 0 Å². The molecule has 130 valence electrons. The van der Waals surface area contributed by atoms with Crippen molar-refractivity contribution in [1.29, 1.82) is 0 Å². The van der Waals surface area contributed by atoms with Crippen LogP contribution in [0.25, 0.3) is 0 Å². The number of hydrogen-bond donors (Lipinski definition) is 1. The average Bonchev–Trinajstić information content (AvgIpc) is 2.77. The summed E-state index contributed by atoms with van der Waals surface area (Å²) >= 11 is 0. The van der Waals surface area contributed by atoms with Crippen molar-refractivity contribution in [1.82, 2.24) is 10.2 Å². The molecule has 1 atom stereocenters. The molecule has 2 saturated heterocycles. The number of amides is 4. The zero-order valence-corrected chi connectivity index (χ0v) is 13.5. The molecule has 2 fully saturated rings. The number of carbonyl (C=O) groups is 4. The summed E-state index contributed by atoms with van der Waals surface area (Å²) in [6, 6.07) is 1.41. The summed E-state index contributed by atoms with van der Waals surface area (Å²) < 4.78 is 14.4. The lowest BCUT2D eigenvalue weighted by molar-refractivity contribution is -0.136. The number of nitrogens with zero attached hydrogens (tertiary/aromatic N) is 2. The highest BCUT2D eigenvalue weighted by molar-refractivity contribution is 6.25. The standard InChI is InChI=1S/C17H16FN3O4/c1-8-6-20(7-8)14-10(18)3-2-9-13(14)17(25)21(16(9)24)11-4-5-12(22)19-15(11)23/h2-3,8,11H,4-7H2,1H3,(H,19,22,23). The fourth-order valence-electron chi connectivity index (χ4n) is 3.71. The molecule has 0 saturated carbocycles. The van der Waals surface area contributed by atoms with Crippen molar-refractivity contribution in [3.63, 3.8) is 0 Å². The highest BCUT2D eigenvalue weighted by Gasteiger charge is 2.47. The summed E-state index contributed by atoms with van der Waals surface area (Å²) in [7, 11) is 0. The lowest BCUT2D eigenvalue weighted by Gasteiger charge is -2.40. The molecule has 1 unspecified atom stereocenters. The Morgan fingerprint density at radius 1 is 1.12 bits per heavy atom. The number of hydrogen-bond acceptors (Lipinski definition) is 5. The summed E-state index contributed by atoms with van der Waals surface area (Å²) in [6.07, 6.45) is 0.128. The van der Waals surface area contributed by atoms with E-state index < -0.39 is 35.5 Å². The maximum atomic E-state index is 14.4. The Morgan fingerprint density at radius 2 is 1.84 bits per heavy atom. The topological polar surface area (TPSA) is 86.8 Å². The third-order valence-corrected chi connectivity index (χ3v) is 4.91. The first-order valence-electron chi connectivity index (χ1n) is 8.17. The van der Waals surface area contributed by atoms with Crippen LogP contribution >= 0.6 is 0 Å². The minimum atomic E-state index is -1.05. The van der Waals surface area contributed by atoms with Gasteiger partial charge in [0.05, 0.1) is 16.8 Å². The van der Waals surface area contributed by atoms with Crippen molar-refractivity contribution in [3.05, 3.63) is 29.1 Å². The number of fused-ring (bicyclic) bond motifs is 1. The molecule has 3 heterocycles. The Kier molecular flexibility index (Phi) is 3.38. The second-order valence-electron chi connectivity index (χ2n) is 6.78. The molecular formula is C17H16FN3O4. The molecule has 4 amide bonds. The van der Waals surface area contributed by atoms with Crippen molar-refractivity contribution in [3.8, 4) is 0 Å². The monoisotopic (exact) mass is 345 g/mol. The van der Waals surface area contributed by atoms with Gasteiger partial charge in [-0.15, -0.1) is 0 Å². The minimum absolute atomic E-state index is 0.0154. The number of piperidine rings is 1. The van der Waals surface area contributed by atoms with Crippen molar-refractivity contribution >= 4 is 29.3 Å². The van der Waals surface area contributed by atoms with E-state index in [9.17, 15) is 23.6 Å². The van der Waals surface area contributed by atoms with E-state index in [-0.39, 0.29) is 29.7 Å². The Morgan fingerprint density at radius 3 is 2.48 bits per heavy atom. The number of rotatable bonds is 2. The van der Waals surface area contributed by atoms with Gasteiger partial charge in [0.1, 0.15) is 11.9 Å². The molecule has 8 heteroatoms. The third-order valence-electron chi connectivity index (χ3n) is 4.91. The predicted octanol–water partition coefficient (Wildman–Crippen LogP) is 0.683. The Hall–Kier alpha value is -2.77. The van der Waals surface area contributed by atoms with E-state index in [4.69, 9.17) is 0 Å². The molecule has 7 nitrogen and oxygen atoms in total. The van der Waals surface area contributed by atoms with Gasteiger partial charge in [-0.25, -0.2) is 4.39 Å². The van der Waals surface area contributed by atoms with Crippen molar-refractivity contribution in [2.75, 3.05) is 18.0 Å². The molecule has 0 spiro atoms. The van der Waals surface area contributed by atoms with Gasteiger partial charge < -0.3 is 4.90 Å². The summed E-state index contributed by atoms with van der Waals surface area (Å²) in [5.74, 6) is -2.58. The molecular weight excluding hydrogens is 329 g/mol.